The molecule has 1 aliphatic rings. The fourth-order valence-electron chi connectivity index (χ4n) is 1.85. The standard InChI is InChI=1S/C12H18N2OS/c1-12(2,3)16-7-10-13-9-6-4-5-8(9)11(15)14-10/h4-7H2,1-3H3,(H,13,14,15). The topological polar surface area (TPSA) is 45.8 Å². The van der Waals surface area contributed by atoms with Crippen molar-refractivity contribution in [1.82, 2.24) is 9.97 Å². The Morgan fingerprint density at radius 1 is 1.38 bits per heavy atom. The summed E-state index contributed by atoms with van der Waals surface area (Å²) < 4.78 is 0.206. The van der Waals surface area contributed by atoms with Gasteiger partial charge in [-0.15, -0.1) is 11.8 Å². The molecule has 0 aliphatic heterocycles. The van der Waals surface area contributed by atoms with Crippen molar-refractivity contribution in [3.63, 3.8) is 0 Å². The first kappa shape index (κ1) is 11.7. The van der Waals surface area contributed by atoms with Gasteiger partial charge in [-0.2, -0.15) is 0 Å². The Morgan fingerprint density at radius 2 is 2.12 bits per heavy atom. The summed E-state index contributed by atoms with van der Waals surface area (Å²) in [6.07, 6.45) is 2.93. The van der Waals surface area contributed by atoms with Crippen LogP contribution in [0.2, 0.25) is 0 Å². The lowest BCUT2D eigenvalue weighted by molar-refractivity contribution is 0.798. The van der Waals surface area contributed by atoms with Gasteiger partial charge in [0.15, 0.2) is 0 Å². The second kappa shape index (κ2) is 4.24. The smallest absolute Gasteiger partial charge is 0.254 e. The highest BCUT2D eigenvalue weighted by atomic mass is 32.2. The third kappa shape index (κ3) is 2.67. The van der Waals surface area contributed by atoms with E-state index in [1.165, 1.54) is 0 Å². The predicted octanol–water partition coefficient (Wildman–Crippen LogP) is 2.29. The highest BCUT2D eigenvalue weighted by molar-refractivity contribution is 7.99. The first-order chi connectivity index (χ1) is 7.46. The van der Waals surface area contributed by atoms with Crippen LogP contribution >= 0.6 is 11.8 Å². The highest BCUT2D eigenvalue weighted by Crippen LogP contribution is 2.26. The second-order valence-electron chi connectivity index (χ2n) is 5.19. The van der Waals surface area contributed by atoms with Gasteiger partial charge in [-0.1, -0.05) is 20.8 Å². The number of hydrogen-bond donors (Lipinski definition) is 1. The third-order valence-electron chi connectivity index (χ3n) is 2.63. The maximum atomic E-state index is 11.8. The summed E-state index contributed by atoms with van der Waals surface area (Å²) in [5.41, 5.74) is 2.00. The largest absolute Gasteiger partial charge is 0.310 e. The number of fused-ring (bicyclic) bond motifs is 1. The molecule has 0 atom stereocenters. The lowest BCUT2D eigenvalue weighted by atomic mass is 10.2. The summed E-state index contributed by atoms with van der Waals surface area (Å²) in [7, 11) is 0. The maximum Gasteiger partial charge on any atom is 0.254 e. The van der Waals surface area contributed by atoms with Gasteiger partial charge in [0.05, 0.1) is 11.4 Å². The van der Waals surface area contributed by atoms with E-state index in [-0.39, 0.29) is 10.3 Å². The Labute approximate surface area is 100 Å². The van der Waals surface area contributed by atoms with Crippen LogP contribution in [-0.4, -0.2) is 14.7 Å². The molecule has 1 aromatic rings. The summed E-state index contributed by atoms with van der Waals surface area (Å²) in [6.45, 7) is 6.51. The number of aromatic amines is 1. The van der Waals surface area contributed by atoms with Gasteiger partial charge in [-0.3, -0.25) is 4.79 Å². The maximum absolute atomic E-state index is 11.8. The van der Waals surface area contributed by atoms with Crippen LogP contribution < -0.4 is 5.56 Å². The van der Waals surface area contributed by atoms with Crippen molar-refractivity contribution in [2.24, 2.45) is 0 Å². The van der Waals surface area contributed by atoms with Gasteiger partial charge in [-0.05, 0) is 19.3 Å². The van der Waals surface area contributed by atoms with Gasteiger partial charge in [0, 0.05) is 10.3 Å². The molecule has 1 aliphatic carbocycles. The van der Waals surface area contributed by atoms with Gasteiger partial charge in [-0.25, -0.2) is 4.98 Å². The number of hydrogen-bond acceptors (Lipinski definition) is 3. The summed E-state index contributed by atoms with van der Waals surface area (Å²) in [6, 6.07) is 0. The number of nitrogens with zero attached hydrogens (tertiary/aromatic N) is 1. The number of nitrogens with one attached hydrogen (secondary N) is 1. The van der Waals surface area contributed by atoms with Crippen LogP contribution in [0.1, 0.15) is 44.3 Å². The number of rotatable bonds is 2. The number of thioether (sulfide) groups is 1. The Balaban J connectivity index is 2.18. The van der Waals surface area contributed by atoms with Gasteiger partial charge in [0.25, 0.3) is 5.56 Å². The monoisotopic (exact) mass is 238 g/mol. The minimum Gasteiger partial charge on any atom is -0.310 e. The van der Waals surface area contributed by atoms with E-state index in [1.807, 2.05) is 11.8 Å². The molecule has 16 heavy (non-hydrogen) atoms. The summed E-state index contributed by atoms with van der Waals surface area (Å²) in [5.74, 6) is 1.61. The van der Waals surface area contributed by atoms with Crippen molar-refractivity contribution < 1.29 is 0 Å². The quantitative estimate of drug-likeness (QED) is 0.860. The molecule has 1 N–H and O–H groups in total. The molecule has 1 heterocycles. The molecule has 0 saturated carbocycles. The van der Waals surface area contributed by atoms with Crippen LogP contribution in [0, 0.1) is 0 Å². The van der Waals surface area contributed by atoms with Crippen LogP contribution in [-0.2, 0) is 18.6 Å². The summed E-state index contributed by atoms with van der Waals surface area (Å²) >= 11 is 1.81. The van der Waals surface area contributed by atoms with Crippen LogP contribution in [0.3, 0.4) is 0 Å². The first-order valence-electron chi connectivity index (χ1n) is 5.70. The zero-order valence-electron chi connectivity index (χ0n) is 10.1. The third-order valence-corrected chi connectivity index (χ3v) is 3.92. The van der Waals surface area contributed by atoms with Crippen LogP contribution in [0.15, 0.2) is 4.79 Å². The average Bonchev–Trinajstić information content (AvgIpc) is 2.62. The highest BCUT2D eigenvalue weighted by Gasteiger charge is 2.18. The molecule has 0 radical (unpaired) electrons. The van der Waals surface area contributed by atoms with Crippen LogP contribution in [0.25, 0.3) is 0 Å². The van der Waals surface area contributed by atoms with Crippen molar-refractivity contribution in [3.05, 3.63) is 27.4 Å². The van der Waals surface area contributed by atoms with E-state index in [2.05, 4.69) is 30.7 Å². The molecule has 0 fully saturated rings. The van der Waals surface area contributed by atoms with E-state index in [9.17, 15) is 4.79 Å². The van der Waals surface area contributed by atoms with Crippen molar-refractivity contribution in [2.75, 3.05) is 0 Å². The van der Waals surface area contributed by atoms with Crippen LogP contribution in [0.5, 0.6) is 0 Å². The zero-order valence-corrected chi connectivity index (χ0v) is 10.9. The fraction of sp³-hybridized carbons (Fsp3) is 0.667. The van der Waals surface area contributed by atoms with E-state index in [1.54, 1.807) is 0 Å². The molecule has 1 aromatic heterocycles. The number of H-pyrrole nitrogens is 1. The molecule has 4 heteroatoms. The zero-order chi connectivity index (χ0) is 11.8. The molecule has 3 nitrogen and oxygen atoms in total. The normalized spacial score (nSPS) is 15.2. The SMILES string of the molecule is CC(C)(C)SCc1nc2c(c(=O)[nH]1)CCC2. The Morgan fingerprint density at radius 3 is 2.81 bits per heavy atom. The Kier molecular flexibility index (Phi) is 3.10. The average molecular weight is 238 g/mol. The van der Waals surface area contributed by atoms with E-state index >= 15 is 0 Å². The molecule has 0 spiro atoms. The minimum atomic E-state index is 0.0759. The first-order valence-corrected chi connectivity index (χ1v) is 6.69. The molecule has 0 amide bonds. The molecule has 0 unspecified atom stereocenters. The lowest BCUT2D eigenvalue weighted by Crippen LogP contribution is -2.17. The molecule has 0 bridgehead atoms. The predicted molar refractivity (Wildman–Crippen MR) is 67.9 cm³/mol. The van der Waals surface area contributed by atoms with Crippen LogP contribution in [0.4, 0.5) is 0 Å². The summed E-state index contributed by atoms with van der Waals surface area (Å²) in [5, 5.41) is 0. The minimum absolute atomic E-state index is 0.0759. The van der Waals surface area contributed by atoms with Gasteiger partial charge in [0.2, 0.25) is 0 Å². The summed E-state index contributed by atoms with van der Waals surface area (Å²) in [4.78, 5) is 19.2. The molecule has 88 valence electrons. The van der Waals surface area contributed by atoms with E-state index in [0.717, 1.165) is 42.1 Å². The lowest BCUT2D eigenvalue weighted by Gasteiger charge is -2.17. The number of aromatic nitrogens is 2. The van der Waals surface area contributed by atoms with E-state index < -0.39 is 0 Å². The molecule has 0 aromatic carbocycles. The van der Waals surface area contributed by atoms with Crippen molar-refractivity contribution in [1.29, 1.82) is 0 Å². The van der Waals surface area contributed by atoms with Crippen molar-refractivity contribution in [2.45, 2.75) is 50.5 Å². The van der Waals surface area contributed by atoms with Crippen molar-refractivity contribution in [3.8, 4) is 0 Å². The Hall–Kier alpha value is -0.770. The molecule has 2 rings (SSSR count). The second-order valence-corrected chi connectivity index (χ2v) is 6.99. The van der Waals surface area contributed by atoms with E-state index in [4.69, 9.17) is 0 Å². The number of aryl methyl sites for hydroxylation is 1. The van der Waals surface area contributed by atoms with Crippen molar-refractivity contribution >= 4 is 11.8 Å². The fourth-order valence-corrected chi connectivity index (χ4v) is 2.55. The molecular weight excluding hydrogens is 220 g/mol. The van der Waals surface area contributed by atoms with E-state index in [0.29, 0.717) is 0 Å². The molecule has 0 saturated heterocycles. The van der Waals surface area contributed by atoms with Gasteiger partial charge in [0.1, 0.15) is 5.82 Å². The van der Waals surface area contributed by atoms with Gasteiger partial charge < -0.3 is 4.98 Å². The molecular formula is C12H18N2OS. The van der Waals surface area contributed by atoms with Gasteiger partial charge >= 0.3 is 0 Å². The Bertz CT molecular complexity index is 445.